The van der Waals surface area contributed by atoms with Crippen LogP contribution in [0.1, 0.15) is 41.5 Å². The molecule has 0 amide bonds. The van der Waals surface area contributed by atoms with Crippen LogP contribution < -0.4 is 5.32 Å². The van der Waals surface area contributed by atoms with E-state index in [4.69, 9.17) is 4.42 Å². The molecule has 1 heterocycles. The second kappa shape index (κ2) is 5.17. The molecule has 0 atom stereocenters. The molecule has 1 fully saturated rings. The minimum absolute atomic E-state index is 0.596. The number of nitrogens with zero attached hydrogens (tertiary/aromatic N) is 1. The quantitative estimate of drug-likeness (QED) is 0.911. The zero-order valence-electron chi connectivity index (χ0n) is 11.5. The summed E-state index contributed by atoms with van der Waals surface area (Å²) < 4.78 is 5.45. The monoisotopic (exact) mass is 256 g/mol. The normalized spacial score (nSPS) is 22.2. The SMILES string of the molecule is Cc1ccc(C2CC(NCc3ncc(C)o3)C2)cc1. The fourth-order valence-corrected chi connectivity index (χ4v) is 2.61. The predicted octanol–water partition coefficient (Wildman–Crippen LogP) is 3.33. The van der Waals surface area contributed by atoms with Crippen molar-refractivity contribution in [3.05, 3.63) is 53.2 Å². The highest BCUT2D eigenvalue weighted by Crippen LogP contribution is 2.36. The first kappa shape index (κ1) is 12.4. The van der Waals surface area contributed by atoms with E-state index in [1.54, 1.807) is 6.20 Å². The number of aryl methyl sites for hydroxylation is 2. The highest BCUT2D eigenvalue weighted by molar-refractivity contribution is 5.26. The molecule has 0 unspecified atom stereocenters. The van der Waals surface area contributed by atoms with Crippen molar-refractivity contribution in [3.63, 3.8) is 0 Å². The van der Waals surface area contributed by atoms with Crippen LogP contribution in [0.25, 0.3) is 0 Å². The second-order valence-corrected chi connectivity index (χ2v) is 5.52. The van der Waals surface area contributed by atoms with Gasteiger partial charge in [0, 0.05) is 6.04 Å². The summed E-state index contributed by atoms with van der Waals surface area (Å²) in [5.74, 6) is 2.38. The molecule has 19 heavy (non-hydrogen) atoms. The van der Waals surface area contributed by atoms with Gasteiger partial charge in [0.05, 0.1) is 12.7 Å². The predicted molar refractivity (Wildman–Crippen MR) is 75.0 cm³/mol. The molecule has 1 saturated carbocycles. The van der Waals surface area contributed by atoms with E-state index in [0.717, 1.165) is 18.2 Å². The van der Waals surface area contributed by atoms with Crippen molar-refractivity contribution >= 4 is 0 Å². The molecular weight excluding hydrogens is 236 g/mol. The maximum atomic E-state index is 5.45. The molecule has 1 N–H and O–H groups in total. The lowest BCUT2D eigenvalue weighted by molar-refractivity contribution is 0.278. The number of hydrogen-bond donors (Lipinski definition) is 1. The summed E-state index contributed by atoms with van der Waals surface area (Å²) in [6, 6.07) is 9.51. The third-order valence-electron chi connectivity index (χ3n) is 3.90. The second-order valence-electron chi connectivity index (χ2n) is 5.52. The van der Waals surface area contributed by atoms with Crippen molar-refractivity contribution in [1.82, 2.24) is 10.3 Å². The first-order chi connectivity index (χ1) is 9.20. The van der Waals surface area contributed by atoms with Crippen molar-refractivity contribution in [1.29, 1.82) is 0 Å². The molecule has 1 aliphatic rings. The van der Waals surface area contributed by atoms with Gasteiger partial charge >= 0.3 is 0 Å². The Morgan fingerprint density at radius 1 is 1.21 bits per heavy atom. The van der Waals surface area contributed by atoms with Crippen LogP contribution in [0, 0.1) is 13.8 Å². The summed E-state index contributed by atoms with van der Waals surface area (Å²) in [5.41, 5.74) is 2.80. The van der Waals surface area contributed by atoms with Gasteiger partial charge in [-0.2, -0.15) is 0 Å². The fraction of sp³-hybridized carbons (Fsp3) is 0.438. The number of rotatable bonds is 4. The van der Waals surface area contributed by atoms with E-state index in [2.05, 4.69) is 41.5 Å². The zero-order chi connectivity index (χ0) is 13.2. The van der Waals surface area contributed by atoms with Crippen LogP contribution in [0.2, 0.25) is 0 Å². The van der Waals surface area contributed by atoms with Crippen LogP contribution >= 0.6 is 0 Å². The average molecular weight is 256 g/mol. The summed E-state index contributed by atoms with van der Waals surface area (Å²) in [6.45, 7) is 4.79. The molecule has 0 saturated heterocycles. The maximum absolute atomic E-state index is 5.45. The number of oxazole rings is 1. The highest BCUT2D eigenvalue weighted by Gasteiger charge is 2.29. The third kappa shape index (κ3) is 2.87. The van der Waals surface area contributed by atoms with Crippen molar-refractivity contribution in [2.24, 2.45) is 0 Å². The maximum Gasteiger partial charge on any atom is 0.208 e. The Balaban J connectivity index is 1.46. The Bertz CT molecular complexity index is 538. The van der Waals surface area contributed by atoms with E-state index in [1.165, 1.54) is 24.0 Å². The van der Waals surface area contributed by atoms with Crippen LogP contribution in [0.3, 0.4) is 0 Å². The number of benzene rings is 1. The molecule has 0 bridgehead atoms. The van der Waals surface area contributed by atoms with Gasteiger partial charge in [-0.15, -0.1) is 0 Å². The molecule has 1 aromatic carbocycles. The summed E-state index contributed by atoms with van der Waals surface area (Å²) in [6.07, 6.45) is 4.19. The van der Waals surface area contributed by atoms with E-state index >= 15 is 0 Å². The molecule has 1 aliphatic carbocycles. The van der Waals surface area contributed by atoms with Gasteiger partial charge < -0.3 is 9.73 Å². The molecule has 3 rings (SSSR count). The summed E-state index contributed by atoms with van der Waals surface area (Å²) >= 11 is 0. The molecule has 0 aliphatic heterocycles. The van der Waals surface area contributed by atoms with Gasteiger partial charge in [-0.1, -0.05) is 29.8 Å². The van der Waals surface area contributed by atoms with E-state index in [1.807, 2.05) is 6.92 Å². The van der Waals surface area contributed by atoms with Crippen molar-refractivity contribution in [3.8, 4) is 0 Å². The first-order valence-electron chi connectivity index (χ1n) is 6.92. The van der Waals surface area contributed by atoms with Gasteiger partial charge in [0.25, 0.3) is 0 Å². The fourth-order valence-electron chi connectivity index (χ4n) is 2.61. The van der Waals surface area contributed by atoms with Crippen LogP contribution in [0.15, 0.2) is 34.9 Å². The van der Waals surface area contributed by atoms with Crippen molar-refractivity contribution in [2.75, 3.05) is 0 Å². The van der Waals surface area contributed by atoms with Gasteiger partial charge in [0.15, 0.2) is 0 Å². The van der Waals surface area contributed by atoms with Crippen LogP contribution in [-0.2, 0) is 6.54 Å². The molecule has 0 spiro atoms. The molecular formula is C16H20N2O. The Morgan fingerprint density at radius 2 is 1.95 bits per heavy atom. The zero-order valence-corrected chi connectivity index (χ0v) is 11.5. The van der Waals surface area contributed by atoms with E-state index < -0.39 is 0 Å². The first-order valence-corrected chi connectivity index (χ1v) is 6.92. The minimum Gasteiger partial charge on any atom is -0.445 e. The number of hydrogen-bond acceptors (Lipinski definition) is 3. The largest absolute Gasteiger partial charge is 0.445 e. The Morgan fingerprint density at radius 3 is 2.58 bits per heavy atom. The van der Waals surface area contributed by atoms with Crippen molar-refractivity contribution < 1.29 is 4.42 Å². The summed E-state index contributed by atoms with van der Waals surface area (Å²) in [4.78, 5) is 4.20. The van der Waals surface area contributed by atoms with E-state index in [-0.39, 0.29) is 0 Å². The van der Waals surface area contributed by atoms with Gasteiger partial charge in [0.1, 0.15) is 5.76 Å². The molecule has 3 nitrogen and oxygen atoms in total. The molecule has 1 aromatic heterocycles. The lowest BCUT2D eigenvalue weighted by Gasteiger charge is -2.36. The van der Waals surface area contributed by atoms with Gasteiger partial charge in [-0.25, -0.2) is 4.98 Å². The van der Waals surface area contributed by atoms with Crippen LogP contribution in [0.4, 0.5) is 0 Å². The molecule has 2 aromatic rings. The van der Waals surface area contributed by atoms with E-state index in [9.17, 15) is 0 Å². The van der Waals surface area contributed by atoms with Crippen LogP contribution in [-0.4, -0.2) is 11.0 Å². The smallest absolute Gasteiger partial charge is 0.208 e. The van der Waals surface area contributed by atoms with Gasteiger partial charge in [0.2, 0.25) is 5.89 Å². The standard InChI is InChI=1S/C16H20N2O/c1-11-3-5-13(6-4-11)14-7-15(8-14)17-10-16-18-9-12(2)19-16/h3-6,9,14-15,17H,7-8,10H2,1-2H3. The van der Waals surface area contributed by atoms with Crippen LogP contribution in [0.5, 0.6) is 0 Å². The lowest BCUT2D eigenvalue weighted by atomic mass is 9.76. The van der Waals surface area contributed by atoms with E-state index in [0.29, 0.717) is 12.0 Å². The Kier molecular flexibility index (Phi) is 3.38. The lowest BCUT2D eigenvalue weighted by Crippen LogP contribution is -2.39. The average Bonchev–Trinajstić information content (AvgIpc) is 2.75. The molecule has 3 heteroatoms. The van der Waals surface area contributed by atoms with Gasteiger partial charge in [-0.05, 0) is 38.2 Å². The highest BCUT2D eigenvalue weighted by atomic mass is 16.4. The molecule has 0 radical (unpaired) electrons. The Hall–Kier alpha value is -1.61. The summed E-state index contributed by atoms with van der Waals surface area (Å²) in [5, 5.41) is 3.50. The minimum atomic E-state index is 0.596. The number of nitrogens with one attached hydrogen (secondary N) is 1. The Labute approximate surface area is 114 Å². The summed E-state index contributed by atoms with van der Waals surface area (Å²) in [7, 11) is 0. The topological polar surface area (TPSA) is 38.1 Å². The van der Waals surface area contributed by atoms with Crippen molar-refractivity contribution in [2.45, 2.75) is 45.2 Å². The van der Waals surface area contributed by atoms with Gasteiger partial charge in [-0.3, -0.25) is 0 Å². The third-order valence-corrected chi connectivity index (χ3v) is 3.90. The number of aromatic nitrogens is 1. The molecule has 100 valence electrons.